The first-order valence-corrected chi connectivity index (χ1v) is 7.14. The first-order chi connectivity index (χ1) is 10.9. The number of aromatic hydroxyl groups is 2. The van der Waals surface area contributed by atoms with Crippen molar-refractivity contribution in [1.82, 2.24) is 12.3 Å². The Morgan fingerprint density at radius 3 is 1.72 bits per heavy atom. The van der Waals surface area contributed by atoms with Crippen LogP contribution in [-0.4, -0.2) is 22.2 Å². The van der Waals surface area contributed by atoms with Crippen molar-refractivity contribution in [3.8, 4) is 11.5 Å². The average molecular weight is 348 g/mol. The molecular formula is C18H28N4O3. The number of phenols is 2. The highest BCUT2D eigenvalue weighted by Gasteiger charge is 2.09. The Hall–Kier alpha value is -2.87. The van der Waals surface area contributed by atoms with E-state index >= 15 is 0 Å². The molecule has 0 heterocycles. The SMILES string of the molecule is C=CCc1ccc(O)cc1.N.N.NC(=O)C(N)Cc1ccc(O)cc1. The highest BCUT2D eigenvalue weighted by molar-refractivity contribution is 5.79. The maximum atomic E-state index is 10.6. The molecule has 2 aromatic carbocycles. The number of primary amides is 1. The summed E-state index contributed by atoms with van der Waals surface area (Å²) in [6.45, 7) is 3.62. The lowest BCUT2D eigenvalue weighted by Crippen LogP contribution is -2.38. The van der Waals surface area contributed by atoms with Gasteiger partial charge in [-0.05, 0) is 48.2 Å². The molecule has 0 aliphatic rings. The van der Waals surface area contributed by atoms with Gasteiger partial charge >= 0.3 is 0 Å². The standard InChI is InChI=1S/C9H12N2O2.C9H10O.2H3N/c10-8(9(11)13)5-6-1-3-7(12)4-2-6;1-2-3-8-4-6-9(10)7-5-8;;/h1-4,8,12H,5,10H2,(H2,11,13);2,4-7,10H,1,3H2;2*1H3. The minimum absolute atomic E-state index is 0. The van der Waals surface area contributed by atoms with E-state index in [4.69, 9.17) is 21.7 Å². The van der Waals surface area contributed by atoms with Crippen molar-refractivity contribution < 1.29 is 15.0 Å². The van der Waals surface area contributed by atoms with Crippen molar-refractivity contribution in [2.75, 3.05) is 0 Å². The van der Waals surface area contributed by atoms with Gasteiger partial charge in [-0.1, -0.05) is 30.3 Å². The van der Waals surface area contributed by atoms with Gasteiger partial charge in [-0.2, -0.15) is 0 Å². The number of phenolic OH excluding ortho intramolecular Hbond substituents is 2. The van der Waals surface area contributed by atoms with Gasteiger partial charge in [0.2, 0.25) is 5.91 Å². The predicted octanol–water partition coefficient (Wildman–Crippen LogP) is 2.19. The Morgan fingerprint density at radius 1 is 0.960 bits per heavy atom. The van der Waals surface area contributed by atoms with Crippen LogP contribution >= 0.6 is 0 Å². The Kier molecular flexibility index (Phi) is 12.2. The molecule has 1 unspecified atom stereocenters. The molecule has 0 aromatic heterocycles. The fourth-order valence-electron chi connectivity index (χ4n) is 1.79. The summed E-state index contributed by atoms with van der Waals surface area (Å²) in [6.07, 6.45) is 3.10. The first kappa shape index (κ1) is 24.4. The molecule has 7 nitrogen and oxygen atoms in total. The molecule has 1 amide bonds. The van der Waals surface area contributed by atoms with Crippen molar-refractivity contribution in [1.29, 1.82) is 0 Å². The lowest BCUT2D eigenvalue weighted by molar-refractivity contribution is -0.119. The van der Waals surface area contributed by atoms with Crippen LogP contribution in [-0.2, 0) is 17.6 Å². The second-order valence-corrected chi connectivity index (χ2v) is 5.04. The molecule has 0 saturated carbocycles. The van der Waals surface area contributed by atoms with Crippen LogP contribution in [0, 0.1) is 0 Å². The summed E-state index contributed by atoms with van der Waals surface area (Å²) >= 11 is 0. The number of amides is 1. The van der Waals surface area contributed by atoms with Crippen LogP contribution in [0.25, 0.3) is 0 Å². The van der Waals surface area contributed by atoms with Gasteiger partial charge in [0.1, 0.15) is 11.5 Å². The fourth-order valence-corrected chi connectivity index (χ4v) is 1.79. The van der Waals surface area contributed by atoms with E-state index in [0.717, 1.165) is 12.0 Å². The fraction of sp³-hybridized carbons (Fsp3) is 0.167. The van der Waals surface area contributed by atoms with E-state index < -0.39 is 11.9 Å². The van der Waals surface area contributed by atoms with Crippen molar-refractivity contribution in [2.24, 2.45) is 11.5 Å². The Bertz CT molecular complexity index is 628. The maximum Gasteiger partial charge on any atom is 0.234 e. The molecule has 1 atom stereocenters. The zero-order valence-electron chi connectivity index (χ0n) is 14.3. The molecule has 0 saturated heterocycles. The number of benzene rings is 2. The Morgan fingerprint density at radius 2 is 1.36 bits per heavy atom. The number of nitrogens with two attached hydrogens (primary N) is 2. The number of carbonyl (C=O) groups is 1. The normalized spacial score (nSPS) is 10.1. The molecule has 0 aliphatic carbocycles. The molecule has 0 aliphatic heterocycles. The molecule has 0 radical (unpaired) electrons. The number of rotatable bonds is 5. The van der Waals surface area contributed by atoms with Crippen molar-refractivity contribution in [3.63, 3.8) is 0 Å². The van der Waals surface area contributed by atoms with E-state index in [-0.39, 0.29) is 18.1 Å². The zero-order valence-corrected chi connectivity index (χ0v) is 14.3. The summed E-state index contributed by atoms with van der Waals surface area (Å²) < 4.78 is 0. The first-order valence-electron chi connectivity index (χ1n) is 7.14. The van der Waals surface area contributed by atoms with Gasteiger partial charge in [0.25, 0.3) is 0 Å². The van der Waals surface area contributed by atoms with E-state index in [1.54, 1.807) is 36.4 Å². The zero-order chi connectivity index (χ0) is 17.2. The van der Waals surface area contributed by atoms with Gasteiger partial charge in [-0.3, -0.25) is 4.79 Å². The van der Waals surface area contributed by atoms with Gasteiger partial charge in [-0.15, -0.1) is 6.58 Å². The summed E-state index contributed by atoms with van der Waals surface area (Å²) in [4.78, 5) is 10.6. The van der Waals surface area contributed by atoms with Crippen LogP contribution in [0.5, 0.6) is 11.5 Å². The van der Waals surface area contributed by atoms with Crippen molar-refractivity contribution in [2.45, 2.75) is 18.9 Å². The summed E-state index contributed by atoms with van der Waals surface area (Å²) in [5.74, 6) is -0.0164. The van der Waals surface area contributed by atoms with E-state index in [2.05, 4.69) is 6.58 Å². The Labute approximate surface area is 148 Å². The predicted molar refractivity (Wildman–Crippen MR) is 101 cm³/mol. The minimum Gasteiger partial charge on any atom is -0.508 e. The lowest BCUT2D eigenvalue weighted by Gasteiger charge is -2.06. The van der Waals surface area contributed by atoms with Gasteiger partial charge < -0.3 is 34.0 Å². The van der Waals surface area contributed by atoms with Crippen LogP contribution in [0.1, 0.15) is 11.1 Å². The second-order valence-electron chi connectivity index (χ2n) is 5.04. The third-order valence-electron chi connectivity index (χ3n) is 3.07. The third-order valence-corrected chi connectivity index (χ3v) is 3.07. The molecular weight excluding hydrogens is 320 g/mol. The van der Waals surface area contributed by atoms with Crippen LogP contribution in [0.3, 0.4) is 0 Å². The van der Waals surface area contributed by atoms with Gasteiger partial charge in [0.15, 0.2) is 0 Å². The average Bonchev–Trinajstić information content (AvgIpc) is 2.52. The van der Waals surface area contributed by atoms with Crippen LogP contribution in [0.15, 0.2) is 61.2 Å². The molecule has 12 N–H and O–H groups in total. The van der Waals surface area contributed by atoms with Crippen LogP contribution in [0.2, 0.25) is 0 Å². The molecule has 2 rings (SSSR count). The summed E-state index contributed by atoms with van der Waals surface area (Å²) in [6, 6.07) is 13.0. The van der Waals surface area contributed by atoms with Crippen LogP contribution < -0.4 is 23.8 Å². The number of allylic oxidation sites excluding steroid dienone is 1. The lowest BCUT2D eigenvalue weighted by atomic mass is 10.1. The van der Waals surface area contributed by atoms with E-state index in [1.807, 2.05) is 18.2 Å². The monoisotopic (exact) mass is 348 g/mol. The topological polar surface area (TPSA) is 180 Å². The molecule has 7 heteroatoms. The van der Waals surface area contributed by atoms with Gasteiger partial charge in [0, 0.05) is 0 Å². The Balaban J connectivity index is 0. The summed E-state index contributed by atoms with van der Waals surface area (Å²) in [5.41, 5.74) is 12.5. The molecule has 0 spiro atoms. The van der Waals surface area contributed by atoms with Gasteiger partial charge in [0.05, 0.1) is 6.04 Å². The molecule has 0 bridgehead atoms. The smallest absolute Gasteiger partial charge is 0.234 e. The molecule has 2 aromatic rings. The van der Waals surface area contributed by atoms with Crippen molar-refractivity contribution in [3.05, 3.63) is 72.3 Å². The minimum atomic E-state index is -0.662. The van der Waals surface area contributed by atoms with E-state index in [9.17, 15) is 4.79 Å². The maximum absolute atomic E-state index is 10.6. The summed E-state index contributed by atoms with van der Waals surface area (Å²) in [7, 11) is 0. The third kappa shape index (κ3) is 9.77. The summed E-state index contributed by atoms with van der Waals surface area (Å²) in [5, 5.41) is 17.9. The second kappa shape index (κ2) is 12.5. The van der Waals surface area contributed by atoms with E-state index in [1.165, 1.54) is 5.56 Å². The van der Waals surface area contributed by atoms with E-state index in [0.29, 0.717) is 12.2 Å². The molecule has 0 fully saturated rings. The van der Waals surface area contributed by atoms with Gasteiger partial charge in [-0.25, -0.2) is 0 Å². The number of hydrogen-bond donors (Lipinski definition) is 6. The number of hydrogen-bond acceptors (Lipinski definition) is 6. The number of carbonyl (C=O) groups excluding carboxylic acids is 1. The highest BCUT2D eigenvalue weighted by atomic mass is 16.3. The van der Waals surface area contributed by atoms with Crippen LogP contribution in [0.4, 0.5) is 0 Å². The van der Waals surface area contributed by atoms with Crippen molar-refractivity contribution >= 4 is 5.91 Å². The largest absolute Gasteiger partial charge is 0.508 e. The highest BCUT2D eigenvalue weighted by Crippen LogP contribution is 2.11. The molecule has 25 heavy (non-hydrogen) atoms. The molecule has 138 valence electrons. The quantitative estimate of drug-likeness (QED) is 0.450.